The molecule has 2 aromatic heterocycles. The Morgan fingerprint density at radius 1 is 1.29 bits per heavy atom. The molecule has 5 heteroatoms. The molecule has 5 nitrogen and oxygen atoms in total. The van der Waals surface area contributed by atoms with Crippen LogP contribution in [0.25, 0.3) is 22.2 Å². The Hall–Kier alpha value is -2.69. The molecule has 3 aromatic rings. The van der Waals surface area contributed by atoms with Crippen molar-refractivity contribution in [3.05, 3.63) is 47.8 Å². The summed E-state index contributed by atoms with van der Waals surface area (Å²) in [6, 6.07) is 9.68. The molecule has 1 N–H and O–H groups in total. The van der Waals surface area contributed by atoms with Crippen LogP contribution in [0.1, 0.15) is 36.8 Å². The van der Waals surface area contributed by atoms with E-state index in [1.165, 1.54) is 0 Å². The second kappa shape index (κ2) is 6.43. The van der Waals surface area contributed by atoms with E-state index in [1.807, 2.05) is 68.9 Å². The third-order valence-electron chi connectivity index (χ3n) is 3.93. The maximum absolute atomic E-state index is 12.6. The Balaban J connectivity index is 2.19. The minimum absolute atomic E-state index is 0.0783. The lowest BCUT2D eigenvalue weighted by Crippen LogP contribution is -2.30. The van der Waals surface area contributed by atoms with Crippen LogP contribution in [0.4, 0.5) is 0 Å². The van der Waals surface area contributed by atoms with Crippen molar-refractivity contribution in [3.8, 4) is 11.3 Å². The van der Waals surface area contributed by atoms with Gasteiger partial charge in [0, 0.05) is 29.7 Å². The van der Waals surface area contributed by atoms with Crippen LogP contribution < -0.4 is 5.32 Å². The number of rotatable bonds is 4. The summed E-state index contributed by atoms with van der Waals surface area (Å²) < 4.78 is 1.88. The van der Waals surface area contributed by atoms with E-state index >= 15 is 0 Å². The minimum atomic E-state index is -0.0783. The number of hydrogen-bond donors (Lipinski definition) is 1. The molecule has 0 fully saturated rings. The van der Waals surface area contributed by atoms with Gasteiger partial charge in [-0.3, -0.25) is 9.48 Å². The van der Waals surface area contributed by atoms with Crippen molar-refractivity contribution >= 4 is 16.8 Å². The lowest BCUT2D eigenvalue weighted by molar-refractivity contribution is 0.0945. The number of nitrogens with zero attached hydrogens (tertiary/aromatic N) is 3. The van der Waals surface area contributed by atoms with Gasteiger partial charge in [-0.1, -0.05) is 18.2 Å². The highest BCUT2D eigenvalue weighted by Gasteiger charge is 2.16. The fourth-order valence-corrected chi connectivity index (χ4v) is 2.77. The molecule has 0 aliphatic heterocycles. The molecule has 0 unspecified atom stereocenters. The summed E-state index contributed by atoms with van der Waals surface area (Å²) in [4.78, 5) is 17.4. The molecule has 0 radical (unpaired) electrons. The van der Waals surface area contributed by atoms with Crippen LogP contribution in [0.2, 0.25) is 0 Å². The van der Waals surface area contributed by atoms with Crippen LogP contribution in [0.5, 0.6) is 0 Å². The van der Waals surface area contributed by atoms with Gasteiger partial charge in [0.15, 0.2) is 0 Å². The van der Waals surface area contributed by atoms with E-state index in [-0.39, 0.29) is 11.9 Å². The predicted molar refractivity (Wildman–Crippen MR) is 96.0 cm³/mol. The Morgan fingerprint density at radius 3 is 2.71 bits per heavy atom. The maximum Gasteiger partial charge on any atom is 0.252 e. The number of para-hydroxylation sites is 1. The van der Waals surface area contributed by atoms with Crippen LogP contribution >= 0.6 is 0 Å². The van der Waals surface area contributed by atoms with Crippen molar-refractivity contribution in [1.29, 1.82) is 0 Å². The van der Waals surface area contributed by atoms with Crippen molar-refractivity contribution in [3.63, 3.8) is 0 Å². The molecular formula is C19H22N4O. The molecule has 124 valence electrons. The van der Waals surface area contributed by atoms with E-state index in [4.69, 9.17) is 4.98 Å². The number of carbonyl (C=O) groups is 1. The van der Waals surface area contributed by atoms with Crippen LogP contribution in [0.15, 0.2) is 36.5 Å². The highest BCUT2D eigenvalue weighted by molar-refractivity contribution is 6.07. The summed E-state index contributed by atoms with van der Waals surface area (Å²) in [5, 5.41) is 8.32. The number of pyridine rings is 1. The lowest BCUT2D eigenvalue weighted by atomic mass is 10.0. The van der Waals surface area contributed by atoms with E-state index in [0.717, 1.165) is 34.4 Å². The number of carbonyl (C=O) groups excluding carboxylic acids is 1. The van der Waals surface area contributed by atoms with E-state index in [9.17, 15) is 4.79 Å². The van der Waals surface area contributed by atoms with Gasteiger partial charge in [-0.05, 0) is 39.8 Å². The normalized spacial score (nSPS) is 11.2. The Labute approximate surface area is 141 Å². The molecule has 2 heterocycles. The third-order valence-corrected chi connectivity index (χ3v) is 3.93. The molecular weight excluding hydrogens is 300 g/mol. The maximum atomic E-state index is 12.6. The van der Waals surface area contributed by atoms with Gasteiger partial charge in [-0.2, -0.15) is 5.10 Å². The summed E-state index contributed by atoms with van der Waals surface area (Å²) in [6.07, 6.45) is 1.98. The van der Waals surface area contributed by atoms with Gasteiger partial charge in [-0.25, -0.2) is 4.98 Å². The third kappa shape index (κ3) is 3.02. The van der Waals surface area contributed by atoms with Gasteiger partial charge in [0.2, 0.25) is 0 Å². The van der Waals surface area contributed by atoms with E-state index < -0.39 is 0 Å². The van der Waals surface area contributed by atoms with Crippen molar-refractivity contribution in [2.75, 3.05) is 0 Å². The Bertz CT molecular complexity index is 896. The van der Waals surface area contributed by atoms with Crippen LogP contribution in [-0.2, 0) is 6.54 Å². The van der Waals surface area contributed by atoms with Gasteiger partial charge < -0.3 is 5.32 Å². The molecule has 24 heavy (non-hydrogen) atoms. The predicted octanol–water partition coefficient (Wildman–Crippen LogP) is 3.56. The number of aryl methyl sites for hydroxylation is 2. The highest BCUT2D eigenvalue weighted by Crippen LogP contribution is 2.26. The molecule has 0 saturated carbocycles. The molecule has 0 saturated heterocycles. The van der Waals surface area contributed by atoms with E-state index in [0.29, 0.717) is 5.56 Å². The topological polar surface area (TPSA) is 59.8 Å². The van der Waals surface area contributed by atoms with Crippen molar-refractivity contribution in [2.24, 2.45) is 0 Å². The number of aromatic nitrogens is 3. The zero-order valence-corrected chi connectivity index (χ0v) is 14.5. The summed E-state index contributed by atoms with van der Waals surface area (Å²) in [5.74, 6) is -0.0783. The summed E-state index contributed by atoms with van der Waals surface area (Å²) in [6.45, 7) is 8.72. The summed E-state index contributed by atoms with van der Waals surface area (Å²) >= 11 is 0. The average molecular weight is 322 g/mol. The first-order chi connectivity index (χ1) is 11.5. The van der Waals surface area contributed by atoms with Crippen molar-refractivity contribution in [2.45, 2.75) is 40.3 Å². The fourth-order valence-electron chi connectivity index (χ4n) is 2.77. The standard InChI is InChI=1S/C19H22N4O/c1-5-23-11-16(13(4)22-23)18-10-15(19(24)20-12(2)3)14-8-6-7-9-17(14)21-18/h6-12H,5H2,1-4H3,(H,20,24). The zero-order valence-electron chi connectivity index (χ0n) is 14.5. The number of amides is 1. The van der Waals surface area contributed by atoms with E-state index in [2.05, 4.69) is 10.4 Å². The SMILES string of the molecule is CCn1cc(-c2cc(C(=O)NC(C)C)c3ccccc3n2)c(C)n1. The monoisotopic (exact) mass is 322 g/mol. The zero-order chi connectivity index (χ0) is 17.3. The number of hydrogen-bond acceptors (Lipinski definition) is 3. The summed E-state index contributed by atoms with van der Waals surface area (Å²) in [7, 11) is 0. The quantitative estimate of drug-likeness (QED) is 0.799. The Morgan fingerprint density at radius 2 is 2.04 bits per heavy atom. The first-order valence-corrected chi connectivity index (χ1v) is 8.24. The minimum Gasteiger partial charge on any atom is -0.350 e. The molecule has 0 atom stereocenters. The first-order valence-electron chi connectivity index (χ1n) is 8.24. The van der Waals surface area contributed by atoms with Gasteiger partial charge in [0.1, 0.15) is 0 Å². The van der Waals surface area contributed by atoms with Crippen molar-refractivity contribution < 1.29 is 4.79 Å². The fraction of sp³-hybridized carbons (Fsp3) is 0.316. The molecule has 1 amide bonds. The average Bonchev–Trinajstić information content (AvgIpc) is 2.94. The first kappa shape index (κ1) is 16.2. The molecule has 0 spiro atoms. The number of fused-ring (bicyclic) bond motifs is 1. The largest absolute Gasteiger partial charge is 0.350 e. The number of nitrogens with one attached hydrogen (secondary N) is 1. The van der Waals surface area contributed by atoms with Crippen LogP contribution in [-0.4, -0.2) is 26.7 Å². The molecule has 0 aliphatic carbocycles. The molecule has 3 rings (SSSR count). The molecule has 1 aromatic carbocycles. The van der Waals surface area contributed by atoms with E-state index in [1.54, 1.807) is 0 Å². The van der Waals surface area contributed by atoms with Gasteiger partial charge in [-0.15, -0.1) is 0 Å². The lowest BCUT2D eigenvalue weighted by Gasteiger charge is -2.12. The highest BCUT2D eigenvalue weighted by atomic mass is 16.1. The molecule has 0 bridgehead atoms. The molecule has 0 aliphatic rings. The van der Waals surface area contributed by atoms with Crippen LogP contribution in [0, 0.1) is 6.92 Å². The van der Waals surface area contributed by atoms with Gasteiger partial charge >= 0.3 is 0 Å². The van der Waals surface area contributed by atoms with Crippen molar-refractivity contribution in [1.82, 2.24) is 20.1 Å². The number of benzene rings is 1. The second-order valence-corrected chi connectivity index (χ2v) is 6.18. The Kier molecular flexibility index (Phi) is 4.34. The van der Waals surface area contributed by atoms with Crippen LogP contribution in [0.3, 0.4) is 0 Å². The van der Waals surface area contributed by atoms with Gasteiger partial charge in [0.05, 0.1) is 22.5 Å². The second-order valence-electron chi connectivity index (χ2n) is 6.18. The smallest absolute Gasteiger partial charge is 0.252 e. The van der Waals surface area contributed by atoms with Gasteiger partial charge in [0.25, 0.3) is 5.91 Å². The summed E-state index contributed by atoms with van der Waals surface area (Å²) in [5.41, 5.74) is 4.11.